The number of anilines is 1. The van der Waals surface area contributed by atoms with Crippen LogP contribution in [0, 0.1) is 0 Å². The molecule has 0 saturated heterocycles. The van der Waals surface area contributed by atoms with Crippen molar-refractivity contribution in [3.05, 3.63) is 30.3 Å². The number of hydrogen-bond acceptors (Lipinski definition) is 3. The first-order valence-corrected chi connectivity index (χ1v) is 8.51. The lowest BCUT2D eigenvalue weighted by Crippen LogP contribution is -2.49. The summed E-state index contributed by atoms with van der Waals surface area (Å²) in [4.78, 5) is 14.0. The number of carbonyl (C=O) groups excluding carboxylic acids is 1. The molecule has 1 aromatic carbocycles. The highest BCUT2D eigenvalue weighted by Gasteiger charge is 2.30. The van der Waals surface area contributed by atoms with E-state index < -0.39 is 16.1 Å². The summed E-state index contributed by atoms with van der Waals surface area (Å²) < 4.78 is 25.2. The van der Waals surface area contributed by atoms with Crippen molar-refractivity contribution in [3.8, 4) is 0 Å². The maximum Gasteiger partial charge on any atom is 0.246 e. The Kier molecular flexibility index (Phi) is 5.56. The normalized spacial score (nSPS) is 12.8. The van der Waals surface area contributed by atoms with Crippen LogP contribution in [0.25, 0.3) is 0 Å². The van der Waals surface area contributed by atoms with Gasteiger partial charge in [0.2, 0.25) is 15.9 Å². The smallest absolute Gasteiger partial charge is 0.246 e. The fourth-order valence-corrected chi connectivity index (χ4v) is 3.35. The van der Waals surface area contributed by atoms with Crippen LogP contribution in [0.2, 0.25) is 0 Å². The van der Waals surface area contributed by atoms with E-state index in [9.17, 15) is 13.2 Å². The van der Waals surface area contributed by atoms with Crippen molar-refractivity contribution in [1.29, 1.82) is 0 Å². The zero-order chi connectivity index (χ0) is 15.3. The lowest BCUT2D eigenvalue weighted by molar-refractivity contribution is -0.131. The van der Waals surface area contributed by atoms with Crippen LogP contribution < -0.4 is 4.31 Å². The van der Waals surface area contributed by atoms with Crippen LogP contribution in [0.1, 0.15) is 20.8 Å². The Morgan fingerprint density at radius 2 is 1.65 bits per heavy atom. The average molecular weight is 298 g/mol. The number of hydrogen-bond donors (Lipinski definition) is 0. The number of amides is 1. The Morgan fingerprint density at radius 3 is 2.05 bits per heavy atom. The molecule has 112 valence electrons. The molecule has 0 heterocycles. The lowest BCUT2D eigenvalue weighted by atomic mass is 10.2. The van der Waals surface area contributed by atoms with Gasteiger partial charge >= 0.3 is 0 Å². The monoisotopic (exact) mass is 298 g/mol. The highest BCUT2D eigenvalue weighted by atomic mass is 32.2. The van der Waals surface area contributed by atoms with Gasteiger partial charge in [-0.05, 0) is 32.9 Å². The Bertz CT molecular complexity index is 539. The van der Waals surface area contributed by atoms with Crippen LogP contribution in [0.3, 0.4) is 0 Å². The molecule has 1 atom stereocenters. The fourth-order valence-electron chi connectivity index (χ4n) is 2.18. The maximum absolute atomic E-state index is 12.4. The van der Waals surface area contributed by atoms with E-state index in [-0.39, 0.29) is 5.91 Å². The molecule has 0 aliphatic carbocycles. The van der Waals surface area contributed by atoms with Crippen LogP contribution in [0.15, 0.2) is 30.3 Å². The highest BCUT2D eigenvalue weighted by molar-refractivity contribution is 7.92. The third kappa shape index (κ3) is 3.72. The summed E-state index contributed by atoms with van der Waals surface area (Å²) in [5.41, 5.74) is 0.503. The van der Waals surface area contributed by atoms with E-state index in [1.54, 1.807) is 42.2 Å². The molecule has 0 bridgehead atoms. The van der Waals surface area contributed by atoms with Crippen LogP contribution >= 0.6 is 0 Å². The molecule has 0 unspecified atom stereocenters. The van der Waals surface area contributed by atoms with Gasteiger partial charge in [-0.3, -0.25) is 9.10 Å². The zero-order valence-corrected chi connectivity index (χ0v) is 13.2. The molecule has 0 aliphatic rings. The van der Waals surface area contributed by atoms with Crippen molar-refractivity contribution >= 4 is 21.6 Å². The Labute approximate surface area is 121 Å². The van der Waals surface area contributed by atoms with E-state index in [1.165, 1.54) is 4.31 Å². The second kappa shape index (κ2) is 6.74. The first-order chi connectivity index (χ1) is 9.32. The van der Waals surface area contributed by atoms with Gasteiger partial charge in [0.25, 0.3) is 0 Å². The van der Waals surface area contributed by atoms with Gasteiger partial charge in [0, 0.05) is 13.1 Å². The molecule has 1 aromatic rings. The summed E-state index contributed by atoms with van der Waals surface area (Å²) >= 11 is 0. The van der Waals surface area contributed by atoms with Crippen molar-refractivity contribution in [2.24, 2.45) is 0 Å². The molecule has 0 aromatic heterocycles. The molecule has 0 saturated carbocycles. The van der Waals surface area contributed by atoms with E-state index in [2.05, 4.69) is 0 Å². The molecule has 0 radical (unpaired) electrons. The number of nitrogens with zero attached hydrogens (tertiary/aromatic N) is 2. The van der Waals surface area contributed by atoms with Crippen LogP contribution in [-0.4, -0.2) is 44.6 Å². The molecular formula is C14H22N2O3S. The molecule has 1 rings (SSSR count). The molecule has 0 fully saturated rings. The number of likely N-dealkylation sites (N-methyl/N-ethyl adjacent to an activating group) is 1. The second-order valence-corrected chi connectivity index (χ2v) is 6.44. The molecule has 6 heteroatoms. The fraction of sp³-hybridized carbons (Fsp3) is 0.500. The minimum absolute atomic E-state index is 0.190. The Balaban J connectivity index is 3.17. The van der Waals surface area contributed by atoms with Crippen LogP contribution in [0.5, 0.6) is 0 Å². The SMILES string of the molecule is CCN(CC)C(=O)[C@H](C)N(c1ccccc1)S(C)(=O)=O. The predicted molar refractivity (Wildman–Crippen MR) is 81.2 cm³/mol. The molecule has 5 nitrogen and oxygen atoms in total. The first-order valence-electron chi connectivity index (χ1n) is 6.66. The summed E-state index contributed by atoms with van der Waals surface area (Å²) in [7, 11) is -3.53. The van der Waals surface area contributed by atoms with E-state index in [4.69, 9.17) is 0 Å². The second-order valence-electron chi connectivity index (χ2n) is 4.58. The number of sulfonamides is 1. The molecule has 0 N–H and O–H groups in total. The van der Waals surface area contributed by atoms with Crippen molar-refractivity contribution in [2.45, 2.75) is 26.8 Å². The number of carbonyl (C=O) groups is 1. The van der Waals surface area contributed by atoms with Gasteiger partial charge < -0.3 is 4.90 Å². The lowest BCUT2D eigenvalue weighted by Gasteiger charge is -2.31. The van der Waals surface area contributed by atoms with Gasteiger partial charge in [-0.25, -0.2) is 8.42 Å². The summed E-state index contributed by atoms with van der Waals surface area (Å²) in [5, 5.41) is 0. The van der Waals surface area contributed by atoms with Crippen molar-refractivity contribution in [3.63, 3.8) is 0 Å². The number of para-hydroxylation sites is 1. The van der Waals surface area contributed by atoms with Gasteiger partial charge in [-0.1, -0.05) is 18.2 Å². The quantitative estimate of drug-likeness (QED) is 0.803. The molecule has 0 spiro atoms. The standard InChI is InChI=1S/C14H22N2O3S/c1-5-15(6-2)14(17)12(3)16(20(4,18)19)13-10-8-7-9-11-13/h7-12H,5-6H2,1-4H3/t12-/m0/s1. The number of rotatable bonds is 6. The van der Waals surface area contributed by atoms with Crippen LogP contribution in [-0.2, 0) is 14.8 Å². The van der Waals surface area contributed by atoms with E-state index in [1.807, 2.05) is 13.8 Å². The van der Waals surface area contributed by atoms with E-state index >= 15 is 0 Å². The van der Waals surface area contributed by atoms with Crippen molar-refractivity contribution in [2.75, 3.05) is 23.7 Å². The Hall–Kier alpha value is -1.56. The third-order valence-electron chi connectivity index (χ3n) is 3.15. The first kappa shape index (κ1) is 16.5. The van der Waals surface area contributed by atoms with Gasteiger partial charge in [0.1, 0.15) is 6.04 Å². The molecule has 0 aliphatic heterocycles. The number of benzene rings is 1. The maximum atomic E-state index is 12.4. The Morgan fingerprint density at radius 1 is 1.15 bits per heavy atom. The van der Waals surface area contributed by atoms with Gasteiger partial charge in [0.15, 0.2) is 0 Å². The summed E-state index contributed by atoms with van der Waals surface area (Å²) in [6, 6.07) is 7.93. The summed E-state index contributed by atoms with van der Waals surface area (Å²) in [6.07, 6.45) is 1.12. The largest absolute Gasteiger partial charge is 0.341 e. The predicted octanol–water partition coefficient (Wildman–Crippen LogP) is 1.71. The summed E-state index contributed by atoms with van der Waals surface area (Å²) in [5.74, 6) is -0.190. The topological polar surface area (TPSA) is 57.7 Å². The van der Waals surface area contributed by atoms with E-state index in [0.29, 0.717) is 18.8 Å². The minimum atomic E-state index is -3.53. The van der Waals surface area contributed by atoms with Crippen molar-refractivity contribution in [1.82, 2.24) is 4.90 Å². The molecule has 20 heavy (non-hydrogen) atoms. The van der Waals surface area contributed by atoms with E-state index in [0.717, 1.165) is 6.26 Å². The highest BCUT2D eigenvalue weighted by Crippen LogP contribution is 2.21. The summed E-state index contributed by atoms with van der Waals surface area (Å²) in [6.45, 7) is 6.50. The molecule has 1 amide bonds. The third-order valence-corrected chi connectivity index (χ3v) is 4.39. The van der Waals surface area contributed by atoms with Gasteiger partial charge in [-0.15, -0.1) is 0 Å². The zero-order valence-electron chi connectivity index (χ0n) is 12.4. The van der Waals surface area contributed by atoms with Crippen LogP contribution in [0.4, 0.5) is 5.69 Å². The van der Waals surface area contributed by atoms with Crippen molar-refractivity contribution < 1.29 is 13.2 Å². The molecular weight excluding hydrogens is 276 g/mol. The van der Waals surface area contributed by atoms with Gasteiger partial charge in [-0.2, -0.15) is 0 Å². The average Bonchev–Trinajstić information content (AvgIpc) is 2.39. The van der Waals surface area contributed by atoms with Gasteiger partial charge in [0.05, 0.1) is 11.9 Å². The minimum Gasteiger partial charge on any atom is -0.341 e.